The third-order valence-corrected chi connectivity index (χ3v) is 4.80. The van der Waals surface area contributed by atoms with E-state index in [1.807, 2.05) is 0 Å². The van der Waals surface area contributed by atoms with Gasteiger partial charge in [-0.3, -0.25) is 9.80 Å². The highest BCUT2D eigenvalue weighted by Crippen LogP contribution is 2.31. The Balaban J connectivity index is 2.11. The number of nitrogens with one attached hydrogen (secondary N) is 1. The van der Waals surface area contributed by atoms with Gasteiger partial charge in [-0.05, 0) is 59.2 Å². The Hall–Kier alpha value is -0.380. The summed E-state index contributed by atoms with van der Waals surface area (Å²) in [6.45, 7) is 15.2. The van der Waals surface area contributed by atoms with Crippen molar-refractivity contribution in [3.8, 4) is 0 Å². The largest absolute Gasteiger partial charge is 0.303 e. The van der Waals surface area contributed by atoms with Crippen LogP contribution in [0.2, 0.25) is 0 Å². The molecule has 1 N–H and O–H groups in total. The zero-order chi connectivity index (χ0) is 13.2. The summed E-state index contributed by atoms with van der Waals surface area (Å²) in [6.07, 6.45) is 5.07. The Morgan fingerprint density at radius 1 is 1.22 bits per heavy atom. The van der Waals surface area contributed by atoms with E-state index in [1.54, 1.807) is 5.57 Å². The van der Waals surface area contributed by atoms with Gasteiger partial charge in [0.15, 0.2) is 0 Å². The van der Waals surface area contributed by atoms with Crippen LogP contribution in [0, 0.1) is 0 Å². The quantitative estimate of drug-likeness (QED) is 0.772. The lowest BCUT2D eigenvalue weighted by atomic mass is 9.86. The molecule has 0 aromatic rings. The van der Waals surface area contributed by atoms with Gasteiger partial charge in [0.25, 0.3) is 0 Å². The lowest BCUT2D eigenvalue weighted by molar-refractivity contribution is 0.160. The predicted octanol–water partition coefficient (Wildman–Crippen LogP) is 2.06. The molecule has 3 heteroatoms. The average Bonchev–Trinajstić information content (AvgIpc) is 3.03. The minimum Gasteiger partial charge on any atom is -0.303 e. The van der Waals surface area contributed by atoms with Gasteiger partial charge in [0.05, 0.1) is 0 Å². The van der Waals surface area contributed by atoms with Gasteiger partial charge in [0.1, 0.15) is 0 Å². The standard InChI is InChI=1S/C15H29N3/c1-5-14(13(2)17-11-8-16-12-17)15(3,4)18-9-6-7-10-18/h5,13,16H,6-12H2,1-4H3/b14-5-. The van der Waals surface area contributed by atoms with Gasteiger partial charge in [-0.1, -0.05) is 6.08 Å². The normalized spacial score (nSPS) is 25.9. The summed E-state index contributed by atoms with van der Waals surface area (Å²) >= 11 is 0. The highest BCUT2D eigenvalue weighted by Gasteiger charge is 2.36. The van der Waals surface area contributed by atoms with Crippen molar-refractivity contribution in [1.29, 1.82) is 0 Å². The number of rotatable bonds is 4. The zero-order valence-corrected chi connectivity index (χ0v) is 12.5. The van der Waals surface area contributed by atoms with Crippen LogP contribution in [0.15, 0.2) is 11.6 Å². The molecule has 0 amide bonds. The molecule has 2 aliphatic rings. The fourth-order valence-corrected chi connectivity index (χ4v) is 3.62. The maximum absolute atomic E-state index is 3.44. The van der Waals surface area contributed by atoms with E-state index in [-0.39, 0.29) is 5.54 Å². The van der Waals surface area contributed by atoms with Crippen LogP contribution >= 0.6 is 0 Å². The third kappa shape index (κ3) is 2.63. The van der Waals surface area contributed by atoms with Crippen molar-refractivity contribution in [2.24, 2.45) is 0 Å². The van der Waals surface area contributed by atoms with Gasteiger partial charge in [0.2, 0.25) is 0 Å². The van der Waals surface area contributed by atoms with E-state index >= 15 is 0 Å². The molecule has 0 spiro atoms. The van der Waals surface area contributed by atoms with Crippen molar-refractivity contribution in [3.05, 3.63) is 11.6 Å². The van der Waals surface area contributed by atoms with Crippen molar-refractivity contribution >= 4 is 0 Å². The maximum atomic E-state index is 3.44. The van der Waals surface area contributed by atoms with E-state index in [4.69, 9.17) is 0 Å². The van der Waals surface area contributed by atoms with Crippen LogP contribution in [-0.2, 0) is 0 Å². The molecule has 3 nitrogen and oxygen atoms in total. The van der Waals surface area contributed by atoms with Gasteiger partial charge in [-0.25, -0.2) is 0 Å². The highest BCUT2D eigenvalue weighted by atomic mass is 15.3. The molecule has 0 aliphatic carbocycles. The van der Waals surface area contributed by atoms with E-state index in [9.17, 15) is 0 Å². The molecular formula is C15H29N3. The molecule has 0 bridgehead atoms. The molecule has 1 unspecified atom stereocenters. The Bertz CT molecular complexity index is 297. The summed E-state index contributed by atoms with van der Waals surface area (Å²) in [7, 11) is 0. The van der Waals surface area contributed by atoms with Gasteiger partial charge in [-0.2, -0.15) is 0 Å². The smallest absolute Gasteiger partial charge is 0.0486 e. The van der Waals surface area contributed by atoms with Crippen molar-refractivity contribution in [2.45, 2.75) is 52.1 Å². The summed E-state index contributed by atoms with van der Waals surface area (Å²) in [4.78, 5) is 5.20. The monoisotopic (exact) mass is 251 g/mol. The van der Waals surface area contributed by atoms with Crippen LogP contribution in [0.3, 0.4) is 0 Å². The van der Waals surface area contributed by atoms with Crippen LogP contribution in [0.4, 0.5) is 0 Å². The number of allylic oxidation sites excluding steroid dienone is 1. The molecule has 2 fully saturated rings. The lowest BCUT2D eigenvalue weighted by Gasteiger charge is -2.42. The minimum absolute atomic E-state index is 0.202. The summed E-state index contributed by atoms with van der Waals surface area (Å²) in [5.74, 6) is 0. The Kier molecular flexibility index (Phi) is 4.46. The lowest BCUT2D eigenvalue weighted by Crippen LogP contribution is -2.49. The Labute approximate surface area is 112 Å². The van der Waals surface area contributed by atoms with Gasteiger partial charge in [-0.15, -0.1) is 0 Å². The molecule has 0 radical (unpaired) electrons. The van der Waals surface area contributed by atoms with Gasteiger partial charge >= 0.3 is 0 Å². The molecule has 1 atom stereocenters. The molecule has 0 aromatic carbocycles. The third-order valence-electron chi connectivity index (χ3n) is 4.80. The molecule has 18 heavy (non-hydrogen) atoms. The maximum Gasteiger partial charge on any atom is 0.0486 e. The minimum atomic E-state index is 0.202. The summed E-state index contributed by atoms with van der Waals surface area (Å²) < 4.78 is 0. The first-order valence-electron chi connectivity index (χ1n) is 7.44. The molecular weight excluding hydrogens is 222 g/mol. The molecule has 0 aromatic heterocycles. The SMILES string of the molecule is C/C=C(/C(C)N1CCNC1)C(C)(C)N1CCCC1. The van der Waals surface area contributed by atoms with Gasteiger partial charge in [0, 0.05) is 31.3 Å². The first-order valence-corrected chi connectivity index (χ1v) is 7.44. The van der Waals surface area contributed by atoms with Crippen molar-refractivity contribution in [3.63, 3.8) is 0 Å². The zero-order valence-electron chi connectivity index (χ0n) is 12.5. The second kappa shape index (κ2) is 5.72. The average molecular weight is 251 g/mol. The van der Waals surface area contributed by atoms with Crippen molar-refractivity contribution in [1.82, 2.24) is 15.1 Å². The first-order chi connectivity index (χ1) is 8.57. The molecule has 2 saturated heterocycles. The topological polar surface area (TPSA) is 18.5 Å². The Morgan fingerprint density at radius 3 is 2.39 bits per heavy atom. The predicted molar refractivity (Wildman–Crippen MR) is 77.7 cm³/mol. The number of likely N-dealkylation sites (tertiary alicyclic amines) is 1. The summed E-state index contributed by atoms with van der Waals surface area (Å²) in [5.41, 5.74) is 1.78. The molecule has 2 heterocycles. The van der Waals surface area contributed by atoms with E-state index in [0.717, 1.165) is 13.2 Å². The number of hydrogen-bond acceptors (Lipinski definition) is 3. The fraction of sp³-hybridized carbons (Fsp3) is 0.867. The molecule has 2 rings (SSSR count). The van der Waals surface area contributed by atoms with Crippen LogP contribution in [0.5, 0.6) is 0 Å². The van der Waals surface area contributed by atoms with E-state index in [2.05, 4.69) is 48.9 Å². The van der Waals surface area contributed by atoms with E-state index < -0.39 is 0 Å². The van der Waals surface area contributed by atoms with Crippen LogP contribution < -0.4 is 5.32 Å². The Morgan fingerprint density at radius 2 is 1.89 bits per heavy atom. The van der Waals surface area contributed by atoms with Crippen LogP contribution in [0.25, 0.3) is 0 Å². The number of nitrogens with zero attached hydrogens (tertiary/aromatic N) is 2. The van der Waals surface area contributed by atoms with Crippen LogP contribution in [-0.4, -0.2) is 54.2 Å². The molecule has 2 aliphatic heterocycles. The summed E-state index contributed by atoms with van der Waals surface area (Å²) in [5, 5.41) is 3.44. The summed E-state index contributed by atoms with van der Waals surface area (Å²) in [6, 6.07) is 0.542. The first kappa shape index (κ1) is 14.0. The fourth-order valence-electron chi connectivity index (χ4n) is 3.62. The van der Waals surface area contributed by atoms with Crippen molar-refractivity contribution < 1.29 is 0 Å². The van der Waals surface area contributed by atoms with Crippen molar-refractivity contribution in [2.75, 3.05) is 32.8 Å². The van der Waals surface area contributed by atoms with Crippen LogP contribution in [0.1, 0.15) is 40.5 Å². The van der Waals surface area contributed by atoms with E-state index in [1.165, 1.54) is 32.5 Å². The number of hydrogen-bond donors (Lipinski definition) is 1. The van der Waals surface area contributed by atoms with Gasteiger partial charge < -0.3 is 5.32 Å². The molecule has 0 saturated carbocycles. The molecule has 104 valence electrons. The second-order valence-electron chi connectivity index (χ2n) is 6.14. The highest BCUT2D eigenvalue weighted by molar-refractivity contribution is 5.23. The van der Waals surface area contributed by atoms with E-state index in [0.29, 0.717) is 6.04 Å². The second-order valence-corrected chi connectivity index (χ2v) is 6.14.